The van der Waals surface area contributed by atoms with Crippen molar-refractivity contribution in [1.29, 1.82) is 0 Å². The predicted octanol–water partition coefficient (Wildman–Crippen LogP) is 3.55. The molecular formula is C19H23NO4. The van der Waals surface area contributed by atoms with Gasteiger partial charge >= 0.3 is 5.97 Å². The summed E-state index contributed by atoms with van der Waals surface area (Å²) in [5.41, 5.74) is 1.97. The van der Waals surface area contributed by atoms with E-state index in [-0.39, 0.29) is 0 Å². The molecule has 1 saturated carbocycles. The minimum atomic E-state index is -0.429. The molecule has 1 aliphatic rings. The molecule has 0 atom stereocenters. The molecule has 0 amide bonds. The molecule has 1 aromatic carbocycles. The number of ether oxygens (including phenoxy) is 2. The van der Waals surface area contributed by atoms with Crippen LogP contribution in [0.2, 0.25) is 0 Å². The van der Waals surface area contributed by atoms with Crippen molar-refractivity contribution in [2.24, 2.45) is 0 Å². The number of benzene rings is 1. The fourth-order valence-corrected chi connectivity index (χ4v) is 2.93. The molecule has 1 aromatic heterocycles. The molecule has 0 spiro atoms. The van der Waals surface area contributed by atoms with Gasteiger partial charge in [-0.15, -0.1) is 0 Å². The van der Waals surface area contributed by atoms with Gasteiger partial charge in [-0.25, -0.2) is 4.79 Å². The molecule has 0 bridgehead atoms. The van der Waals surface area contributed by atoms with Gasteiger partial charge in [-0.3, -0.25) is 4.90 Å². The first kappa shape index (κ1) is 16.6. The highest BCUT2D eigenvalue weighted by Crippen LogP contribution is 2.32. The molecule has 0 aliphatic heterocycles. The number of furan rings is 1. The van der Waals surface area contributed by atoms with Crippen molar-refractivity contribution in [3.05, 3.63) is 53.0 Å². The third-order valence-electron chi connectivity index (χ3n) is 4.33. The molecule has 0 N–H and O–H groups in total. The summed E-state index contributed by atoms with van der Waals surface area (Å²) in [4.78, 5) is 14.1. The fraction of sp³-hybridized carbons (Fsp3) is 0.421. The van der Waals surface area contributed by atoms with E-state index < -0.39 is 5.97 Å². The normalized spacial score (nSPS) is 14.0. The number of carbonyl (C=O) groups excluding carboxylic acids is 1. The summed E-state index contributed by atoms with van der Waals surface area (Å²) < 4.78 is 15.9. The number of carbonyl (C=O) groups is 1. The molecule has 5 nitrogen and oxygen atoms in total. The Morgan fingerprint density at radius 3 is 2.67 bits per heavy atom. The Bertz CT molecular complexity index is 718. The largest absolute Gasteiger partial charge is 0.496 e. The van der Waals surface area contributed by atoms with Gasteiger partial charge in [0.2, 0.25) is 5.76 Å². The van der Waals surface area contributed by atoms with Crippen molar-refractivity contribution < 1.29 is 18.7 Å². The molecule has 0 radical (unpaired) electrons. The van der Waals surface area contributed by atoms with E-state index in [2.05, 4.69) is 11.0 Å². The predicted molar refractivity (Wildman–Crippen MR) is 90.0 cm³/mol. The molecule has 0 saturated heterocycles. The number of hydrogen-bond donors (Lipinski definition) is 0. The van der Waals surface area contributed by atoms with Gasteiger partial charge in [-0.05, 0) is 31.9 Å². The maximum Gasteiger partial charge on any atom is 0.374 e. The molecule has 1 fully saturated rings. The van der Waals surface area contributed by atoms with E-state index in [9.17, 15) is 4.79 Å². The molecule has 5 heteroatoms. The van der Waals surface area contributed by atoms with Crippen molar-refractivity contribution in [3.63, 3.8) is 0 Å². The zero-order valence-electron chi connectivity index (χ0n) is 14.4. The van der Waals surface area contributed by atoms with Crippen LogP contribution in [0.25, 0.3) is 0 Å². The average molecular weight is 329 g/mol. The van der Waals surface area contributed by atoms with E-state index >= 15 is 0 Å². The topological polar surface area (TPSA) is 51.9 Å². The van der Waals surface area contributed by atoms with E-state index in [1.807, 2.05) is 31.2 Å². The van der Waals surface area contributed by atoms with Gasteiger partial charge in [0, 0.05) is 23.7 Å². The first-order chi connectivity index (χ1) is 11.6. The molecule has 1 heterocycles. The lowest BCUT2D eigenvalue weighted by Gasteiger charge is -2.22. The van der Waals surface area contributed by atoms with Crippen molar-refractivity contribution in [2.75, 3.05) is 14.2 Å². The van der Waals surface area contributed by atoms with Crippen LogP contribution in [0.4, 0.5) is 0 Å². The SMILES string of the molecule is COC(=O)c1oc(CN(Cc2ccccc2OC)C2CC2)cc1C. The smallest absolute Gasteiger partial charge is 0.374 e. The molecule has 1 aliphatic carbocycles. The Labute approximate surface area is 142 Å². The van der Waals surface area contributed by atoms with Crippen molar-refractivity contribution in [2.45, 2.75) is 38.9 Å². The van der Waals surface area contributed by atoms with Crippen LogP contribution in [0.5, 0.6) is 5.75 Å². The van der Waals surface area contributed by atoms with E-state index in [0.717, 1.165) is 29.2 Å². The molecular weight excluding hydrogens is 306 g/mol. The first-order valence-electron chi connectivity index (χ1n) is 8.16. The molecule has 2 aromatic rings. The highest BCUT2D eigenvalue weighted by Gasteiger charge is 2.30. The number of aryl methyl sites for hydroxylation is 1. The summed E-state index contributed by atoms with van der Waals surface area (Å²) in [6.07, 6.45) is 2.39. The van der Waals surface area contributed by atoms with Crippen LogP contribution in [0.15, 0.2) is 34.7 Å². The van der Waals surface area contributed by atoms with Crippen LogP contribution in [0.3, 0.4) is 0 Å². The summed E-state index contributed by atoms with van der Waals surface area (Å²) in [5.74, 6) is 1.55. The molecule has 24 heavy (non-hydrogen) atoms. The Hall–Kier alpha value is -2.27. The molecule has 3 rings (SSSR count). The maximum atomic E-state index is 11.7. The molecule has 128 valence electrons. The lowest BCUT2D eigenvalue weighted by Crippen LogP contribution is -2.25. The lowest BCUT2D eigenvalue weighted by atomic mass is 10.1. The third kappa shape index (κ3) is 3.62. The second-order valence-corrected chi connectivity index (χ2v) is 6.16. The number of para-hydroxylation sites is 1. The van der Waals surface area contributed by atoms with Gasteiger partial charge in [0.15, 0.2) is 0 Å². The van der Waals surface area contributed by atoms with E-state index in [1.54, 1.807) is 7.11 Å². The minimum Gasteiger partial charge on any atom is -0.496 e. The highest BCUT2D eigenvalue weighted by molar-refractivity contribution is 5.87. The van der Waals surface area contributed by atoms with Gasteiger partial charge in [-0.1, -0.05) is 18.2 Å². The number of hydrogen-bond acceptors (Lipinski definition) is 5. The Balaban J connectivity index is 1.76. The summed E-state index contributed by atoms with van der Waals surface area (Å²) in [7, 11) is 3.06. The van der Waals surface area contributed by atoms with Crippen LogP contribution in [-0.4, -0.2) is 31.1 Å². The van der Waals surface area contributed by atoms with Crippen LogP contribution < -0.4 is 4.74 Å². The van der Waals surface area contributed by atoms with Crippen molar-refractivity contribution >= 4 is 5.97 Å². The molecule has 0 unspecified atom stereocenters. The van der Waals surface area contributed by atoms with Gasteiger partial charge < -0.3 is 13.9 Å². The fourth-order valence-electron chi connectivity index (χ4n) is 2.93. The first-order valence-corrected chi connectivity index (χ1v) is 8.16. The van der Waals surface area contributed by atoms with E-state index in [0.29, 0.717) is 18.3 Å². The summed E-state index contributed by atoms with van der Waals surface area (Å²) in [5, 5.41) is 0. The zero-order valence-corrected chi connectivity index (χ0v) is 14.4. The van der Waals surface area contributed by atoms with Crippen molar-refractivity contribution in [3.8, 4) is 5.75 Å². The van der Waals surface area contributed by atoms with Gasteiger partial charge in [0.05, 0.1) is 20.8 Å². The zero-order chi connectivity index (χ0) is 17.1. The monoisotopic (exact) mass is 329 g/mol. The van der Waals surface area contributed by atoms with Crippen LogP contribution in [-0.2, 0) is 17.8 Å². The summed E-state index contributed by atoms with van der Waals surface area (Å²) in [6, 6.07) is 10.5. The third-order valence-corrected chi connectivity index (χ3v) is 4.33. The van der Waals surface area contributed by atoms with Crippen LogP contribution >= 0.6 is 0 Å². The maximum absolute atomic E-state index is 11.7. The number of rotatable bonds is 7. The summed E-state index contributed by atoms with van der Waals surface area (Å²) in [6.45, 7) is 3.32. The quantitative estimate of drug-likeness (QED) is 0.727. The number of methoxy groups -OCH3 is 2. The van der Waals surface area contributed by atoms with Gasteiger partial charge in [0.25, 0.3) is 0 Å². The lowest BCUT2D eigenvalue weighted by molar-refractivity contribution is 0.0559. The number of esters is 1. The average Bonchev–Trinajstić information content (AvgIpc) is 3.37. The number of nitrogens with zero attached hydrogens (tertiary/aromatic N) is 1. The van der Waals surface area contributed by atoms with Gasteiger partial charge in [-0.2, -0.15) is 0 Å². The van der Waals surface area contributed by atoms with Crippen LogP contribution in [0, 0.1) is 6.92 Å². The van der Waals surface area contributed by atoms with E-state index in [1.165, 1.54) is 20.0 Å². The summed E-state index contributed by atoms with van der Waals surface area (Å²) >= 11 is 0. The van der Waals surface area contributed by atoms with Crippen molar-refractivity contribution in [1.82, 2.24) is 4.90 Å². The second-order valence-electron chi connectivity index (χ2n) is 6.16. The Morgan fingerprint density at radius 2 is 2.00 bits per heavy atom. The highest BCUT2D eigenvalue weighted by atomic mass is 16.5. The van der Waals surface area contributed by atoms with Crippen LogP contribution in [0.1, 0.15) is 40.3 Å². The van der Waals surface area contributed by atoms with Gasteiger partial charge in [0.1, 0.15) is 11.5 Å². The Morgan fingerprint density at radius 1 is 1.25 bits per heavy atom. The van der Waals surface area contributed by atoms with E-state index in [4.69, 9.17) is 13.9 Å². The standard InChI is InChI=1S/C19H23NO4/c1-13-10-16(24-18(13)19(21)23-3)12-20(15-8-9-15)11-14-6-4-5-7-17(14)22-2/h4-7,10,15H,8-9,11-12H2,1-3H3. The Kier molecular flexibility index (Phi) is 4.90. The minimum absolute atomic E-state index is 0.292. The second kappa shape index (κ2) is 7.09.